The third-order valence-electron chi connectivity index (χ3n) is 3.04. The number of aliphatic imine (C=N–C) groups is 1. The summed E-state index contributed by atoms with van der Waals surface area (Å²) in [4.78, 5) is 4.50. The molecule has 4 nitrogen and oxygen atoms in total. The summed E-state index contributed by atoms with van der Waals surface area (Å²) in [6.45, 7) is 7.44. The molecule has 0 amide bonds. The third-order valence-corrected chi connectivity index (χ3v) is 5.87. The van der Waals surface area contributed by atoms with E-state index < -0.39 is 8.80 Å². The molecule has 0 fully saturated rings. The first kappa shape index (κ1) is 17.8. The Labute approximate surface area is 113 Å². The highest BCUT2D eigenvalue weighted by atomic mass is 28.4. The highest BCUT2D eigenvalue weighted by molar-refractivity contribution is 6.60. The molecule has 0 saturated heterocycles. The topological polar surface area (TPSA) is 40.0 Å². The Hall–Kier alpha value is -0.233. The van der Waals surface area contributed by atoms with E-state index in [0.29, 0.717) is 0 Å². The summed E-state index contributed by atoms with van der Waals surface area (Å²) in [7, 11) is 2.53. The van der Waals surface area contributed by atoms with Crippen LogP contribution in [0.5, 0.6) is 0 Å². The summed E-state index contributed by atoms with van der Waals surface area (Å²) in [5, 5.41) is 0. The van der Waals surface area contributed by atoms with Crippen molar-refractivity contribution in [2.24, 2.45) is 10.4 Å². The molecular weight excluding hydrogens is 246 g/mol. The highest BCUT2D eigenvalue weighted by Crippen LogP contribution is 2.19. The van der Waals surface area contributed by atoms with Crippen molar-refractivity contribution in [3.63, 3.8) is 0 Å². The maximum Gasteiger partial charge on any atom is 0.500 e. The number of hydrogen-bond acceptors (Lipinski definition) is 4. The minimum absolute atomic E-state index is 0.201. The molecule has 18 heavy (non-hydrogen) atoms. The third kappa shape index (κ3) is 6.63. The molecule has 0 rings (SSSR count). The molecule has 0 radical (unpaired) electrons. The lowest BCUT2D eigenvalue weighted by Gasteiger charge is -2.24. The van der Waals surface area contributed by atoms with Gasteiger partial charge in [-0.2, -0.15) is 0 Å². The zero-order chi connectivity index (χ0) is 14.1. The second kappa shape index (κ2) is 8.80. The lowest BCUT2D eigenvalue weighted by atomic mass is 9.90. The van der Waals surface area contributed by atoms with Crippen molar-refractivity contribution < 1.29 is 13.3 Å². The number of hydrogen-bond donors (Lipinski definition) is 0. The van der Waals surface area contributed by atoms with E-state index in [-0.39, 0.29) is 5.41 Å². The van der Waals surface area contributed by atoms with E-state index in [1.165, 1.54) is 12.8 Å². The number of nitrogens with zero attached hydrogens (tertiary/aromatic N) is 1. The molecule has 0 unspecified atom stereocenters. The van der Waals surface area contributed by atoms with Crippen LogP contribution in [0.3, 0.4) is 0 Å². The van der Waals surface area contributed by atoms with Crippen molar-refractivity contribution in [2.75, 3.05) is 27.9 Å². The summed E-state index contributed by atoms with van der Waals surface area (Å²) in [6.07, 6.45) is 5.36. The van der Waals surface area contributed by atoms with Gasteiger partial charge in [0.2, 0.25) is 0 Å². The monoisotopic (exact) mass is 275 g/mol. The van der Waals surface area contributed by atoms with Gasteiger partial charge in [0.05, 0.1) is 0 Å². The molecule has 0 N–H and O–H groups in total. The first-order valence-corrected chi connectivity index (χ1v) is 8.55. The molecule has 0 aromatic heterocycles. The van der Waals surface area contributed by atoms with Crippen LogP contribution >= 0.6 is 0 Å². The molecule has 0 aromatic rings. The van der Waals surface area contributed by atoms with E-state index >= 15 is 0 Å². The lowest BCUT2D eigenvalue weighted by Crippen LogP contribution is -2.42. The quantitative estimate of drug-likeness (QED) is 0.349. The molecule has 0 aliphatic carbocycles. The zero-order valence-corrected chi connectivity index (χ0v) is 13.8. The molecule has 0 aliphatic rings. The summed E-state index contributed by atoms with van der Waals surface area (Å²) >= 11 is 0. The molecule has 108 valence electrons. The molecule has 0 atom stereocenters. The second-order valence-electron chi connectivity index (χ2n) is 5.17. The lowest BCUT2D eigenvalue weighted by molar-refractivity contribution is 0.123. The molecule has 0 spiro atoms. The number of rotatable bonds is 10. The first-order chi connectivity index (χ1) is 8.45. The van der Waals surface area contributed by atoms with Gasteiger partial charge in [0.1, 0.15) is 0 Å². The average Bonchev–Trinajstić information content (AvgIpc) is 2.34. The highest BCUT2D eigenvalue weighted by Gasteiger charge is 2.36. The Balaban J connectivity index is 4.02. The van der Waals surface area contributed by atoms with Crippen LogP contribution in [0.25, 0.3) is 0 Å². The summed E-state index contributed by atoms with van der Waals surface area (Å²) in [5.74, 6) is 0. The van der Waals surface area contributed by atoms with Gasteiger partial charge in [0.25, 0.3) is 0 Å². The molecule has 0 heterocycles. The van der Waals surface area contributed by atoms with Crippen LogP contribution in [0, 0.1) is 5.41 Å². The predicted molar refractivity (Wildman–Crippen MR) is 78.3 cm³/mol. The zero-order valence-electron chi connectivity index (χ0n) is 12.8. The van der Waals surface area contributed by atoms with Crippen molar-refractivity contribution in [3.8, 4) is 0 Å². The maximum absolute atomic E-state index is 5.36. The van der Waals surface area contributed by atoms with E-state index in [1.807, 2.05) is 0 Å². The van der Waals surface area contributed by atoms with E-state index in [2.05, 4.69) is 32.0 Å². The molecule has 0 aliphatic heterocycles. The standard InChI is InChI=1S/C13H29NO3Si/c1-7-9-13(2,3)12-14-10-8-11-18(15-4,16-5)17-6/h12H,7-11H2,1-6H3. The molecule has 0 bridgehead atoms. The first-order valence-electron chi connectivity index (χ1n) is 6.61. The Kier molecular flexibility index (Phi) is 8.68. The van der Waals surface area contributed by atoms with E-state index in [1.54, 1.807) is 21.3 Å². The minimum atomic E-state index is -2.40. The van der Waals surface area contributed by atoms with Crippen molar-refractivity contribution in [2.45, 2.75) is 46.1 Å². The molecule has 5 heteroatoms. The predicted octanol–water partition coefficient (Wildman–Crippen LogP) is 3.15. The van der Waals surface area contributed by atoms with Crippen LogP contribution in [0.2, 0.25) is 6.04 Å². The van der Waals surface area contributed by atoms with Crippen LogP contribution in [-0.4, -0.2) is 42.9 Å². The fraction of sp³-hybridized carbons (Fsp3) is 0.923. The van der Waals surface area contributed by atoms with E-state index in [9.17, 15) is 0 Å². The van der Waals surface area contributed by atoms with E-state index in [4.69, 9.17) is 13.3 Å². The fourth-order valence-corrected chi connectivity index (χ4v) is 3.67. The molecule has 0 saturated carbocycles. The summed E-state index contributed by atoms with van der Waals surface area (Å²) in [6, 6.07) is 0.808. The van der Waals surface area contributed by atoms with E-state index in [0.717, 1.165) is 19.0 Å². The Morgan fingerprint density at radius 3 is 2.11 bits per heavy atom. The molecular formula is C13H29NO3Si. The van der Waals surface area contributed by atoms with Gasteiger partial charge >= 0.3 is 8.80 Å². The van der Waals surface area contributed by atoms with Gasteiger partial charge in [0.15, 0.2) is 0 Å². The van der Waals surface area contributed by atoms with Crippen LogP contribution in [-0.2, 0) is 13.3 Å². The average molecular weight is 275 g/mol. The van der Waals surface area contributed by atoms with Crippen LogP contribution < -0.4 is 0 Å². The summed E-state index contributed by atoms with van der Waals surface area (Å²) in [5.41, 5.74) is 0.201. The van der Waals surface area contributed by atoms with Crippen LogP contribution in [0.1, 0.15) is 40.0 Å². The van der Waals surface area contributed by atoms with Crippen molar-refractivity contribution >= 4 is 15.0 Å². The van der Waals surface area contributed by atoms with Gasteiger partial charge in [-0.1, -0.05) is 27.2 Å². The fourth-order valence-electron chi connectivity index (χ4n) is 1.96. The van der Waals surface area contributed by atoms with Gasteiger partial charge in [-0.3, -0.25) is 4.99 Å². The van der Waals surface area contributed by atoms with Gasteiger partial charge in [-0.05, 0) is 18.3 Å². The maximum atomic E-state index is 5.36. The van der Waals surface area contributed by atoms with Crippen molar-refractivity contribution in [3.05, 3.63) is 0 Å². The van der Waals surface area contributed by atoms with Gasteiger partial charge in [-0.25, -0.2) is 0 Å². The largest absolute Gasteiger partial charge is 0.500 e. The van der Waals surface area contributed by atoms with Crippen molar-refractivity contribution in [1.29, 1.82) is 0 Å². The Morgan fingerprint density at radius 1 is 1.11 bits per heavy atom. The Bertz CT molecular complexity index is 232. The van der Waals surface area contributed by atoms with Gasteiger partial charge in [0, 0.05) is 40.1 Å². The van der Waals surface area contributed by atoms with Gasteiger partial charge in [-0.15, -0.1) is 0 Å². The van der Waals surface area contributed by atoms with Crippen molar-refractivity contribution in [1.82, 2.24) is 0 Å². The molecule has 0 aromatic carbocycles. The normalized spacial score (nSPS) is 13.4. The minimum Gasteiger partial charge on any atom is -0.377 e. The Morgan fingerprint density at radius 2 is 1.67 bits per heavy atom. The van der Waals surface area contributed by atoms with Crippen LogP contribution in [0.15, 0.2) is 4.99 Å². The van der Waals surface area contributed by atoms with Gasteiger partial charge < -0.3 is 13.3 Å². The summed E-state index contributed by atoms with van der Waals surface area (Å²) < 4.78 is 16.1. The SMILES string of the molecule is CCCC(C)(C)C=NCCC[Si](OC)(OC)OC. The smallest absolute Gasteiger partial charge is 0.377 e. The second-order valence-corrected chi connectivity index (χ2v) is 8.26. The van der Waals surface area contributed by atoms with Crippen LogP contribution in [0.4, 0.5) is 0 Å².